The number of H-pyrrole nitrogens is 1. The number of carbonyl (C=O) groups is 1. The van der Waals surface area contributed by atoms with Crippen LogP contribution >= 0.6 is 0 Å². The first kappa shape index (κ1) is 18.6. The molecule has 0 amide bonds. The van der Waals surface area contributed by atoms with Crippen molar-refractivity contribution >= 4 is 11.9 Å². The molecule has 1 aliphatic heterocycles. The summed E-state index contributed by atoms with van der Waals surface area (Å²) in [5, 5.41) is 2.92. The molecule has 1 unspecified atom stereocenters. The van der Waals surface area contributed by atoms with Crippen LogP contribution in [0.5, 0.6) is 0 Å². The molecule has 0 aliphatic carbocycles. The SMILES string of the molecule is COC1=NC=CC(c2c[nH]n(-c3ccc(C(=O)OC(C)(C)C)cn3)c2=O)C1. The van der Waals surface area contributed by atoms with E-state index in [1.54, 1.807) is 52.4 Å². The van der Waals surface area contributed by atoms with E-state index in [1.807, 2.05) is 6.08 Å². The maximum atomic E-state index is 12.8. The van der Waals surface area contributed by atoms with Gasteiger partial charge in [-0.3, -0.25) is 9.89 Å². The zero-order valence-electron chi connectivity index (χ0n) is 15.7. The third kappa shape index (κ3) is 4.16. The fraction of sp³-hybridized carbons (Fsp3) is 0.368. The van der Waals surface area contributed by atoms with Crippen LogP contribution in [0.3, 0.4) is 0 Å². The molecule has 1 aliphatic rings. The van der Waals surface area contributed by atoms with Crippen molar-refractivity contribution in [2.75, 3.05) is 7.11 Å². The molecular formula is C19H22N4O4. The van der Waals surface area contributed by atoms with Crippen molar-refractivity contribution in [1.29, 1.82) is 0 Å². The molecule has 27 heavy (non-hydrogen) atoms. The van der Waals surface area contributed by atoms with Crippen molar-refractivity contribution < 1.29 is 14.3 Å². The molecule has 2 aromatic heterocycles. The predicted molar refractivity (Wildman–Crippen MR) is 100 cm³/mol. The monoisotopic (exact) mass is 370 g/mol. The first-order chi connectivity index (χ1) is 12.8. The van der Waals surface area contributed by atoms with Crippen molar-refractivity contribution in [3.05, 3.63) is 58.3 Å². The molecule has 1 N–H and O–H groups in total. The summed E-state index contributed by atoms with van der Waals surface area (Å²) in [5.41, 5.74) is 0.122. The number of nitrogens with zero attached hydrogens (tertiary/aromatic N) is 3. The van der Waals surface area contributed by atoms with E-state index in [1.165, 1.54) is 10.9 Å². The lowest BCUT2D eigenvalue weighted by molar-refractivity contribution is 0.00691. The number of pyridine rings is 1. The van der Waals surface area contributed by atoms with E-state index >= 15 is 0 Å². The third-order valence-electron chi connectivity index (χ3n) is 3.98. The smallest absolute Gasteiger partial charge is 0.340 e. The highest BCUT2D eigenvalue weighted by molar-refractivity contribution is 5.89. The normalized spacial score (nSPS) is 16.7. The van der Waals surface area contributed by atoms with Gasteiger partial charge in [-0.25, -0.2) is 19.5 Å². The lowest BCUT2D eigenvalue weighted by Crippen LogP contribution is -2.24. The number of allylic oxidation sites excluding steroid dienone is 1. The maximum absolute atomic E-state index is 12.8. The first-order valence-electron chi connectivity index (χ1n) is 8.56. The van der Waals surface area contributed by atoms with E-state index in [-0.39, 0.29) is 11.5 Å². The van der Waals surface area contributed by atoms with Gasteiger partial charge in [-0.2, -0.15) is 0 Å². The molecule has 3 heterocycles. The van der Waals surface area contributed by atoms with Crippen molar-refractivity contribution in [3.8, 4) is 5.82 Å². The Bertz CT molecular complexity index is 945. The second-order valence-corrected chi connectivity index (χ2v) is 7.16. The van der Waals surface area contributed by atoms with Crippen LogP contribution in [-0.4, -0.2) is 39.3 Å². The minimum Gasteiger partial charge on any atom is -0.484 e. The quantitative estimate of drug-likeness (QED) is 0.837. The minimum absolute atomic E-state index is 0.122. The number of esters is 1. The summed E-state index contributed by atoms with van der Waals surface area (Å²) in [6.45, 7) is 5.39. The third-order valence-corrected chi connectivity index (χ3v) is 3.98. The summed E-state index contributed by atoms with van der Waals surface area (Å²) in [6.07, 6.45) is 7.06. The van der Waals surface area contributed by atoms with Crippen LogP contribution in [-0.2, 0) is 9.47 Å². The molecule has 0 saturated heterocycles. The molecule has 0 radical (unpaired) electrons. The lowest BCUT2D eigenvalue weighted by atomic mass is 9.97. The Morgan fingerprint density at radius 1 is 1.33 bits per heavy atom. The van der Waals surface area contributed by atoms with Gasteiger partial charge in [-0.1, -0.05) is 6.08 Å². The summed E-state index contributed by atoms with van der Waals surface area (Å²) in [5.74, 6) is 0.386. The number of hydrogen-bond acceptors (Lipinski definition) is 6. The van der Waals surface area contributed by atoms with E-state index in [2.05, 4.69) is 15.1 Å². The molecular weight excluding hydrogens is 348 g/mol. The lowest BCUT2D eigenvalue weighted by Gasteiger charge is -2.19. The van der Waals surface area contributed by atoms with E-state index in [0.29, 0.717) is 29.3 Å². The van der Waals surface area contributed by atoms with E-state index < -0.39 is 11.6 Å². The Morgan fingerprint density at radius 2 is 2.11 bits per heavy atom. The summed E-state index contributed by atoms with van der Waals surface area (Å²) in [4.78, 5) is 33.2. The van der Waals surface area contributed by atoms with Crippen molar-refractivity contribution in [2.24, 2.45) is 4.99 Å². The van der Waals surface area contributed by atoms with Crippen LogP contribution in [0.25, 0.3) is 5.82 Å². The van der Waals surface area contributed by atoms with Crippen LogP contribution in [0.1, 0.15) is 49.0 Å². The number of rotatable bonds is 3. The largest absolute Gasteiger partial charge is 0.484 e. The second kappa shape index (κ2) is 7.22. The molecule has 8 heteroatoms. The molecule has 0 spiro atoms. The molecule has 0 aromatic carbocycles. The fourth-order valence-corrected chi connectivity index (χ4v) is 2.68. The van der Waals surface area contributed by atoms with Crippen LogP contribution in [0.2, 0.25) is 0 Å². The first-order valence-corrected chi connectivity index (χ1v) is 8.56. The van der Waals surface area contributed by atoms with Crippen molar-refractivity contribution in [1.82, 2.24) is 14.8 Å². The van der Waals surface area contributed by atoms with Gasteiger partial charge < -0.3 is 9.47 Å². The zero-order chi connectivity index (χ0) is 19.6. The Labute approximate surface area is 156 Å². The van der Waals surface area contributed by atoms with Crippen LogP contribution in [0.15, 0.2) is 46.6 Å². The maximum Gasteiger partial charge on any atom is 0.340 e. The summed E-state index contributed by atoms with van der Waals surface area (Å²) in [6, 6.07) is 3.18. The Morgan fingerprint density at radius 3 is 2.74 bits per heavy atom. The number of methoxy groups -OCH3 is 1. The van der Waals surface area contributed by atoms with Crippen LogP contribution in [0, 0.1) is 0 Å². The number of carbonyl (C=O) groups excluding carboxylic acids is 1. The van der Waals surface area contributed by atoms with Gasteiger partial charge >= 0.3 is 5.97 Å². The van der Waals surface area contributed by atoms with Gasteiger partial charge in [0.25, 0.3) is 5.56 Å². The van der Waals surface area contributed by atoms with Gasteiger partial charge in [0.05, 0.1) is 12.7 Å². The van der Waals surface area contributed by atoms with E-state index in [4.69, 9.17) is 9.47 Å². The highest BCUT2D eigenvalue weighted by Gasteiger charge is 2.22. The van der Waals surface area contributed by atoms with Gasteiger partial charge in [0.1, 0.15) is 5.60 Å². The zero-order valence-corrected chi connectivity index (χ0v) is 15.7. The number of nitrogens with one attached hydrogen (secondary N) is 1. The van der Waals surface area contributed by atoms with Gasteiger partial charge in [-0.05, 0) is 32.9 Å². The number of aromatic nitrogens is 3. The molecule has 0 saturated carbocycles. The molecule has 2 aromatic rings. The fourth-order valence-electron chi connectivity index (χ4n) is 2.68. The Balaban J connectivity index is 1.81. The number of aliphatic imine (C=N–C) groups is 1. The van der Waals surface area contributed by atoms with Gasteiger partial charge in [0.2, 0.25) is 0 Å². The average Bonchev–Trinajstić information content (AvgIpc) is 3.02. The highest BCUT2D eigenvalue weighted by Crippen LogP contribution is 2.22. The number of aromatic amines is 1. The molecule has 8 nitrogen and oxygen atoms in total. The molecule has 0 fully saturated rings. The molecule has 0 bridgehead atoms. The van der Waals surface area contributed by atoms with Gasteiger partial charge in [0.15, 0.2) is 11.7 Å². The topological polar surface area (TPSA) is 98.6 Å². The Kier molecular flexibility index (Phi) is 4.98. The van der Waals surface area contributed by atoms with Crippen LogP contribution < -0.4 is 5.56 Å². The van der Waals surface area contributed by atoms with Crippen molar-refractivity contribution in [2.45, 2.75) is 38.7 Å². The number of hydrogen-bond donors (Lipinski definition) is 1. The van der Waals surface area contributed by atoms with Gasteiger partial charge in [-0.15, -0.1) is 0 Å². The summed E-state index contributed by atoms with van der Waals surface area (Å²) >= 11 is 0. The molecule has 142 valence electrons. The molecule has 1 atom stereocenters. The summed E-state index contributed by atoms with van der Waals surface area (Å²) < 4.78 is 11.8. The Hall–Kier alpha value is -3.16. The summed E-state index contributed by atoms with van der Waals surface area (Å²) in [7, 11) is 1.56. The predicted octanol–water partition coefficient (Wildman–Crippen LogP) is 2.56. The van der Waals surface area contributed by atoms with E-state index in [0.717, 1.165) is 0 Å². The highest BCUT2D eigenvalue weighted by atomic mass is 16.6. The minimum atomic E-state index is -0.584. The van der Waals surface area contributed by atoms with Crippen molar-refractivity contribution in [3.63, 3.8) is 0 Å². The van der Waals surface area contributed by atoms with E-state index in [9.17, 15) is 9.59 Å². The average molecular weight is 370 g/mol. The van der Waals surface area contributed by atoms with Gasteiger partial charge in [0, 0.05) is 36.5 Å². The van der Waals surface area contributed by atoms with Crippen LogP contribution in [0.4, 0.5) is 0 Å². The molecule has 3 rings (SSSR count). The second-order valence-electron chi connectivity index (χ2n) is 7.16. The standard InChI is InChI=1S/C19H22N4O4/c1-19(2,3)27-18(25)13-5-6-15(21-10-13)23-17(24)14(11-22-23)12-7-8-20-16(9-12)26-4/h5-8,10-12,22H,9H2,1-4H3. The number of ether oxygens (including phenoxy) is 2.